The zero-order chi connectivity index (χ0) is 14.1. The van der Waals surface area contributed by atoms with E-state index in [1.807, 2.05) is 11.6 Å². The van der Waals surface area contributed by atoms with E-state index in [-0.39, 0.29) is 0 Å². The summed E-state index contributed by atoms with van der Waals surface area (Å²) in [5, 5.41) is 11.9. The number of nitrogens with zero attached hydrogens (tertiary/aromatic N) is 4. The number of hydrogen-bond donors (Lipinski definition) is 1. The van der Waals surface area contributed by atoms with Crippen LogP contribution in [0.3, 0.4) is 0 Å². The van der Waals surface area contributed by atoms with Crippen molar-refractivity contribution in [3.63, 3.8) is 0 Å². The summed E-state index contributed by atoms with van der Waals surface area (Å²) in [6, 6.07) is 1.34. The first-order chi connectivity index (χ1) is 9.65. The summed E-state index contributed by atoms with van der Waals surface area (Å²) in [4.78, 5) is 2.66. The summed E-state index contributed by atoms with van der Waals surface area (Å²) < 4.78 is 2.01. The molecule has 0 amide bonds. The van der Waals surface area contributed by atoms with Gasteiger partial charge in [-0.3, -0.25) is 0 Å². The van der Waals surface area contributed by atoms with E-state index in [1.165, 1.54) is 32.4 Å². The number of likely N-dealkylation sites (tertiary alicyclic amines) is 1. The van der Waals surface area contributed by atoms with Crippen molar-refractivity contribution in [2.24, 2.45) is 18.9 Å². The lowest BCUT2D eigenvalue weighted by atomic mass is 9.73. The third-order valence-corrected chi connectivity index (χ3v) is 5.13. The van der Waals surface area contributed by atoms with Crippen LogP contribution in [0.5, 0.6) is 0 Å². The van der Waals surface area contributed by atoms with Crippen LogP contribution in [0.4, 0.5) is 0 Å². The van der Waals surface area contributed by atoms with Crippen molar-refractivity contribution < 1.29 is 0 Å². The molecular formula is C15H27N5. The number of hydrogen-bond acceptors (Lipinski definition) is 4. The Hall–Kier alpha value is -0.940. The minimum absolute atomic E-state index is 0.662. The zero-order valence-corrected chi connectivity index (χ0v) is 12.9. The molecule has 112 valence electrons. The second-order valence-electron chi connectivity index (χ2n) is 6.76. The lowest BCUT2D eigenvalue weighted by Gasteiger charge is -2.49. The maximum atomic E-state index is 4.18. The molecule has 1 saturated heterocycles. The lowest BCUT2D eigenvalue weighted by Crippen LogP contribution is -2.58. The van der Waals surface area contributed by atoms with Gasteiger partial charge in [0.25, 0.3) is 0 Å². The number of rotatable bonds is 4. The molecule has 5 heteroatoms. The average Bonchev–Trinajstić information content (AvgIpc) is 2.80. The summed E-state index contributed by atoms with van der Waals surface area (Å²) in [5.41, 5.74) is 0. The van der Waals surface area contributed by atoms with E-state index in [0.717, 1.165) is 24.2 Å². The van der Waals surface area contributed by atoms with Gasteiger partial charge in [-0.25, -0.2) is 0 Å². The number of fused-ring (bicyclic) bond motifs is 2. The smallest absolute Gasteiger partial charge is 0.146 e. The van der Waals surface area contributed by atoms with E-state index < -0.39 is 0 Å². The molecule has 2 bridgehead atoms. The summed E-state index contributed by atoms with van der Waals surface area (Å²) in [6.45, 7) is 8.00. The third-order valence-electron chi connectivity index (χ3n) is 5.13. The monoisotopic (exact) mass is 277 g/mol. The van der Waals surface area contributed by atoms with Crippen LogP contribution in [0.2, 0.25) is 0 Å². The first-order valence-corrected chi connectivity index (χ1v) is 7.95. The molecule has 1 aromatic rings. The van der Waals surface area contributed by atoms with Crippen LogP contribution in [0, 0.1) is 11.8 Å². The Kier molecular flexibility index (Phi) is 4.08. The van der Waals surface area contributed by atoms with Gasteiger partial charge in [-0.2, -0.15) is 0 Å². The molecule has 1 saturated carbocycles. The van der Waals surface area contributed by atoms with Gasteiger partial charge in [0.1, 0.15) is 12.2 Å². The molecule has 2 unspecified atom stereocenters. The fraction of sp³-hybridized carbons (Fsp3) is 0.867. The molecule has 0 spiro atoms. The van der Waals surface area contributed by atoms with Gasteiger partial charge in [-0.1, -0.05) is 6.42 Å². The fourth-order valence-corrected chi connectivity index (χ4v) is 3.90. The molecule has 20 heavy (non-hydrogen) atoms. The van der Waals surface area contributed by atoms with Crippen molar-refractivity contribution in [3.8, 4) is 0 Å². The Morgan fingerprint density at radius 2 is 2.00 bits per heavy atom. The molecular weight excluding hydrogens is 250 g/mol. The molecule has 1 aliphatic heterocycles. The average molecular weight is 277 g/mol. The van der Waals surface area contributed by atoms with E-state index in [2.05, 4.69) is 34.3 Å². The molecule has 5 nitrogen and oxygen atoms in total. The van der Waals surface area contributed by atoms with Crippen LogP contribution in [0.1, 0.15) is 38.9 Å². The Morgan fingerprint density at radius 1 is 1.30 bits per heavy atom. The van der Waals surface area contributed by atoms with Crippen molar-refractivity contribution in [1.29, 1.82) is 0 Å². The molecule has 3 rings (SSSR count). The SMILES string of the molecule is CC(C)N1CC2CCCC(C1)C2NCc1nncn1C. The quantitative estimate of drug-likeness (QED) is 0.904. The van der Waals surface area contributed by atoms with Gasteiger partial charge in [0.2, 0.25) is 0 Å². The van der Waals surface area contributed by atoms with Gasteiger partial charge in [0.05, 0.1) is 6.54 Å². The summed E-state index contributed by atoms with van der Waals surface area (Å²) in [5.74, 6) is 2.64. The minimum Gasteiger partial charge on any atom is -0.320 e. The number of nitrogens with one attached hydrogen (secondary N) is 1. The van der Waals surface area contributed by atoms with E-state index in [4.69, 9.17) is 0 Å². The van der Waals surface area contributed by atoms with E-state index in [0.29, 0.717) is 12.1 Å². The highest BCUT2D eigenvalue weighted by Crippen LogP contribution is 2.35. The highest BCUT2D eigenvalue weighted by Gasteiger charge is 2.39. The van der Waals surface area contributed by atoms with Gasteiger partial charge in [-0.15, -0.1) is 10.2 Å². The Morgan fingerprint density at radius 3 is 2.55 bits per heavy atom. The van der Waals surface area contributed by atoms with Gasteiger partial charge in [0, 0.05) is 32.2 Å². The molecule has 0 radical (unpaired) electrons. The van der Waals surface area contributed by atoms with Crippen LogP contribution in [-0.2, 0) is 13.6 Å². The molecule has 2 fully saturated rings. The van der Waals surface area contributed by atoms with Crippen molar-refractivity contribution in [3.05, 3.63) is 12.2 Å². The predicted octanol–water partition coefficient (Wildman–Crippen LogP) is 1.41. The fourth-order valence-electron chi connectivity index (χ4n) is 3.90. The van der Waals surface area contributed by atoms with Crippen LogP contribution in [0.15, 0.2) is 6.33 Å². The van der Waals surface area contributed by atoms with Crippen LogP contribution in [-0.4, -0.2) is 44.8 Å². The number of aryl methyl sites for hydroxylation is 1. The van der Waals surface area contributed by atoms with Gasteiger partial charge in [-0.05, 0) is 38.5 Å². The highest BCUT2D eigenvalue weighted by molar-refractivity contribution is 4.96. The molecule has 1 aliphatic carbocycles. The highest BCUT2D eigenvalue weighted by atomic mass is 15.3. The zero-order valence-electron chi connectivity index (χ0n) is 12.9. The third kappa shape index (κ3) is 2.74. The number of piperidine rings is 1. The van der Waals surface area contributed by atoms with Crippen LogP contribution < -0.4 is 5.32 Å². The van der Waals surface area contributed by atoms with Gasteiger partial charge in [0.15, 0.2) is 0 Å². The lowest BCUT2D eigenvalue weighted by molar-refractivity contribution is 0.0286. The van der Waals surface area contributed by atoms with Crippen molar-refractivity contribution in [2.45, 2.75) is 51.7 Å². The van der Waals surface area contributed by atoms with Crippen molar-refractivity contribution in [2.75, 3.05) is 13.1 Å². The van der Waals surface area contributed by atoms with E-state index in [9.17, 15) is 0 Å². The van der Waals surface area contributed by atoms with Crippen molar-refractivity contribution in [1.82, 2.24) is 25.0 Å². The maximum Gasteiger partial charge on any atom is 0.146 e. The molecule has 2 aliphatic rings. The normalized spacial score (nSPS) is 30.9. The maximum absolute atomic E-state index is 4.18. The summed E-state index contributed by atoms with van der Waals surface area (Å²) in [7, 11) is 2.01. The Balaban J connectivity index is 1.63. The van der Waals surface area contributed by atoms with Crippen molar-refractivity contribution >= 4 is 0 Å². The van der Waals surface area contributed by atoms with E-state index in [1.54, 1.807) is 6.33 Å². The first-order valence-electron chi connectivity index (χ1n) is 7.95. The van der Waals surface area contributed by atoms with E-state index >= 15 is 0 Å². The predicted molar refractivity (Wildman–Crippen MR) is 79.2 cm³/mol. The molecule has 2 atom stereocenters. The second-order valence-corrected chi connectivity index (χ2v) is 6.76. The topological polar surface area (TPSA) is 46.0 Å². The standard InChI is InChI=1S/C15H27N5/c1-11(2)20-8-12-5-4-6-13(9-20)15(12)16-7-14-18-17-10-19(14)3/h10-13,15-16H,4-9H2,1-3H3. The number of aromatic nitrogens is 3. The minimum atomic E-state index is 0.662. The van der Waals surface area contributed by atoms with Crippen LogP contribution >= 0.6 is 0 Å². The largest absolute Gasteiger partial charge is 0.320 e. The van der Waals surface area contributed by atoms with Gasteiger partial charge < -0.3 is 14.8 Å². The molecule has 2 heterocycles. The molecule has 0 aromatic carbocycles. The second kappa shape index (κ2) is 5.82. The Labute approximate surface area is 121 Å². The summed E-state index contributed by atoms with van der Waals surface area (Å²) >= 11 is 0. The first kappa shape index (κ1) is 14.0. The molecule has 1 N–H and O–H groups in total. The van der Waals surface area contributed by atoms with Gasteiger partial charge >= 0.3 is 0 Å². The summed E-state index contributed by atoms with van der Waals surface area (Å²) in [6.07, 6.45) is 5.93. The molecule has 1 aromatic heterocycles. The van der Waals surface area contributed by atoms with Crippen LogP contribution in [0.25, 0.3) is 0 Å². The Bertz CT molecular complexity index is 427.